The monoisotopic (exact) mass is 547 g/mol. The number of nitrogens with zero attached hydrogens (tertiary/aromatic N) is 3. The summed E-state index contributed by atoms with van der Waals surface area (Å²) in [6, 6.07) is 40.0. The minimum atomic E-state index is 0.599. The van der Waals surface area contributed by atoms with E-state index in [0.29, 0.717) is 17.1 Å². The third-order valence-electron chi connectivity index (χ3n) is 7.50. The lowest BCUT2D eigenvalue weighted by Crippen LogP contribution is -2.16. The molecule has 0 saturated carbocycles. The van der Waals surface area contributed by atoms with E-state index < -0.39 is 0 Å². The van der Waals surface area contributed by atoms with E-state index in [1.165, 1.54) is 0 Å². The lowest BCUT2D eigenvalue weighted by Gasteiger charge is -2.33. The number of nitriles is 1. The van der Waals surface area contributed by atoms with Crippen molar-refractivity contribution in [1.82, 2.24) is 4.98 Å². The lowest BCUT2D eigenvalue weighted by atomic mass is 9.96. The van der Waals surface area contributed by atoms with E-state index in [0.717, 1.165) is 61.8 Å². The molecule has 6 nitrogen and oxygen atoms in total. The number of ether oxygens (including phenoxy) is 3. The van der Waals surface area contributed by atoms with Gasteiger partial charge in [-0.25, -0.2) is 4.98 Å². The smallest absolute Gasteiger partial charge is 0.161 e. The van der Waals surface area contributed by atoms with Gasteiger partial charge in [-0.15, -0.1) is 0 Å². The molecule has 5 aromatic carbocycles. The quantitative estimate of drug-likeness (QED) is 0.214. The molecule has 0 N–H and O–H groups in total. The number of rotatable bonds is 5. The molecule has 1 aromatic heterocycles. The number of pyridine rings is 1. The van der Waals surface area contributed by atoms with E-state index in [4.69, 9.17) is 19.2 Å². The van der Waals surface area contributed by atoms with Crippen molar-refractivity contribution in [3.63, 3.8) is 0 Å². The van der Waals surface area contributed by atoms with Crippen molar-refractivity contribution in [3.05, 3.63) is 121 Å². The summed E-state index contributed by atoms with van der Waals surface area (Å²) in [6.45, 7) is 0. The highest BCUT2D eigenvalue weighted by molar-refractivity contribution is 6.06. The number of benzene rings is 5. The average molecular weight is 548 g/mol. The Morgan fingerprint density at radius 2 is 1.31 bits per heavy atom. The van der Waals surface area contributed by atoms with Gasteiger partial charge in [0.15, 0.2) is 23.0 Å². The van der Waals surface area contributed by atoms with E-state index in [1.807, 2.05) is 78.9 Å². The Kier molecular flexibility index (Phi) is 6.18. The molecule has 0 spiro atoms. The molecule has 1 aliphatic heterocycles. The zero-order valence-electron chi connectivity index (χ0n) is 23.0. The first-order valence-corrected chi connectivity index (χ1v) is 13.5. The molecule has 202 valence electrons. The summed E-state index contributed by atoms with van der Waals surface area (Å²) in [5.41, 5.74) is 7.88. The molecule has 6 aromatic rings. The van der Waals surface area contributed by atoms with Crippen molar-refractivity contribution >= 4 is 28.0 Å². The maximum Gasteiger partial charge on any atom is 0.161 e. The molecule has 1 aliphatic rings. The van der Waals surface area contributed by atoms with Crippen LogP contribution < -0.4 is 19.1 Å². The molecule has 42 heavy (non-hydrogen) atoms. The van der Waals surface area contributed by atoms with Crippen molar-refractivity contribution in [2.75, 3.05) is 19.1 Å². The minimum Gasteiger partial charge on any atom is -0.493 e. The second kappa shape index (κ2) is 10.3. The summed E-state index contributed by atoms with van der Waals surface area (Å²) in [5.74, 6) is 2.86. The van der Waals surface area contributed by atoms with E-state index in [9.17, 15) is 5.26 Å². The number of aromatic nitrogens is 1. The van der Waals surface area contributed by atoms with Gasteiger partial charge >= 0.3 is 0 Å². The summed E-state index contributed by atoms with van der Waals surface area (Å²) in [4.78, 5) is 7.48. The molecule has 0 fully saturated rings. The van der Waals surface area contributed by atoms with Gasteiger partial charge in [-0.2, -0.15) is 5.26 Å². The molecular formula is C36H25N3O3. The molecule has 0 atom stereocenters. The van der Waals surface area contributed by atoms with Gasteiger partial charge in [0.2, 0.25) is 0 Å². The van der Waals surface area contributed by atoms with Crippen molar-refractivity contribution < 1.29 is 14.2 Å². The molecule has 0 radical (unpaired) electrons. The summed E-state index contributed by atoms with van der Waals surface area (Å²) in [7, 11) is 3.27. The summed E-state index contributed by atoms with van der Waals surface area (Å²) < 4.78 is 17.4. The van der Waals surface area contributed by atoms with Crippen LogP contribution in [0, 0.1) is 11.3 Å². The van der Waals surface area contributed by atoms with Gasteiger partial charge in [-0.1, -0.05) is 54.6 Å². The first-order valence-electron chi connectivity index (χ1n) is 13.5. The second-order valence-electron chi connectivity index (χ2n) is 9.86. The van der Waals surface area contributed by atoms with Crippen molar-refractivity contribution in [2.45, 2.75) is 0 Å². The Hall–Kier alpha value is -5.80. The Bertz CT molecular complexity index is 1970. The highest BCUT2D eigenvalue weighted by Gasteiger charge is 2.27. The minimum absolute atomic E-state index is 0.599. The van der Waals surface area contributed by atoms with Gasteiger partial charge < -0.3 is 19.1 Å². The Morgan fingerprint density at radius 3 is 1.98 bits per heavy atom. The van der Waals surface area contributed by atoms with Crippen molar-refractivity contribution in [1.29, 1.82) is 5.26 Å². The third kappa shape index (κ3) is 4.16. The molecule has 0 unspecified atom stereocenters. The zero-order valence-corrected chi connectivity index (χ0v) is 23.0. The molecule has 0 amide bonds. The van der Waals surface area contributed by atoms with Crippen LogP contribution in [0.1, 0.15) is 5.56 Å². The predicted octanol–water partition coefficient (Wildman–Crippen LogP) is 9.03. The van der Waals surface area contributed by atoms with E-state index in [1.54, 1.807) is 14.2 Å². The Labute approximate surface area is 243 Å². The molecule has 0 bridgehead atoms. The first kappa shape index (κ1) is 25.2. The van der Waals surface area contributed by atoms with E-state index in [-0.39, 0.29) is 0 Å². The SMILES string of the molecule is COc1ccc(-c2cc(-c3ccc(C#N)cc3)nc3c(N4c5ccccc5Oc5ccccc54)cccc23)cc1OC. The fraction of sp³-hybridized carbons (Fsp3) is 0.0556. The molecule has 0 saturated heterocycles. The normalized spacial score (nSPS) is 11.7. The number of hydrogen-bond donors (Lipinski definition) is 0. The van der Waals surface area contributed by atoms with Crippen LogP contribution in [0.15, 0.2) is 115 Å². The van der Waals surface area contributed by atoms with Gasteiger partial charge in [0.05, 0.1) is 54.1 Å². The van der Waals surface area contributed by atoms with Gasteiger partial charge in [0.1, 0.15) is 0 Å². The maximum atomic E-state index is 9.36. The van der Waals surface area contributed by atoms with Crippen LogP contribution in [-0.2, 0) is 0 Å². The number of fused-ring (bicyclic) bond motifs is 3. The van der Waals surface area contributed by atoms with Crippen LogP contribution in [-0.4, -0.2) is 19.2 Å². The standard InChI is InChI=1S/C36H25N3O3/c1-40-34-19-18-25(20-35(34)41-2)27-21-28(24-16-14-23(22-37)15-17-24)38-36-26(27)8-7-11-31(36)39-29-9-3-5-12-32(29)42-33-13-6-4-10-30(33)39/h3-21H,1-2H3. The first-order chi connectivity index (χ1) is 20.7. The highest BCUT2D eigenvalue weighted by Crippen LogP contribution is 2.52. The van der Waals surface area contributed by atoms with Crippen molar-refractivity contribution in [3.8, 4) is 51.5 Å². The molecule has 0 aliphatic carbocycles. The van der Waals surface area contributed by atoms with Gasteiger partial charge in [0.25, 0.3) is 0 Å². The largest absolute Gasteiger partial charge is 0.493 e. The van der Waals surface area contributed by atoms with Gasteiger partial charge in [-0.3, -0.25) is 0 Å². The molecule has 6 heteroatoms. The van der Waals surface area contributed by atoms with Crippen LogP contribution >= 0.6 is 0 Å². The predicted molar refractivity (Wildman–Crippen MR) is 165 cm³/mol. The van der Waals surface area contributed by atoms with Crippen LogP contribution in [0.5, 0.6) is 23.0 Å². The topological polar surface area (TPSA) is 67.6 Å². The molecular weight excluding hydrogens is 522 g/mol. The zero-order chi connectivity index (χ0) is 28.6. The van der Waals surface area contributed by atoms with Crippen LogP contribution in [0.2, 0.25) is 0 Å². The van der Waals surface area contributed by atoms with E-state index in [2.05, 4.69) is 47.4 Å². The van der Waals surface area contributed by atoms with Crippen LogP contribution in [0.25, 0.3) is 33.3 Å². The summed E-state index contributed by atoms with van der Waals surface area (Å²) in [6.07, 6.45) is 0. The summed E-state index contributed by atoms with van der Waals surface area (Å²) in [5, 5.41) is 10.3. The average Bonchev–Trinajstić information content (AvgIpc) is 3.06. The lowest BCUT2D eigenvalue weighted by molar-refractivity contribution is 0.355. The Morgan fingerprint density at radius 1 is 0.667 bits per heavy atom. The molecule has 2 heterocycles. The maximum absolute atomic E-state index is 9.36. The number of hydrogen-bond acceptors (Lipinski definition) is 6. The third-order valence-corrected chi connectivity index (χ3v) is 7.50. The van der Waals surface area contributed by atoms with E-state index >= 15 is 0 Å². The van der Waals surface area contributed by atoms with Crippen LogP contribution in [0.4, 0.5) is 17.1 Å². The fourth-order valence-electron chi connectivity index (χ4n) is 5.48. The second-order valence-corrected chi connectivity index (χ2v) is 9.86. The number of anilines is 3. The number of para-hydroxylation sites is 5. The van der Waals surface area contributed by atoms with Gasteiger partial charge in [-0.05, 0) is 71.8 Å². The van der Waals surface area contributed by atoms with Crippen molar-refractivity contribution in [2.24, 2.45) is 0 Å². The summed E-state index contributed by atoms with van der Waals surface area (Å²) >= 11 is 0. The van der Waals surface area contributed by atoms with Crippen LogP contribution in [0.3, 0.4) is 0 Å². The fourth-order valence-corrected chi connectivity index (χ4v) is 5.48. The molecule has 7 rings (SSSR count). The van der Waals surface area contributed by atoms with Gasteiger partial charge in [0, 0.05) is 10.9 Å². The Balaban J connectivity index is 1.53. The highest BCUT2D eigenvalue weighted by atomic mass is 16.5. The number of methoxy groups -OCH3 is 2.